The molecule has 0 saturated heterocycles. The molecule has 0 bridgehead atoms. The van der Waals surface area contributed by atoms with Gasteiger partial charge in [-0.2, -0.15) is 0 Å². The van der Waals surface area contributed by atoms with Gasteiger partial charge in [0.2, 0.25) is 0 Å². The summed E-state index contributed by atoms with van der Waals surface area (Å²) in [5, 5.41) is 0. The normalized spacial score (nSPS) is 29.6. The van der Waals surface area contributed by atoms with Crippen molar-refractivity contribution >= 4 is 5.97 Å². The summed E-state index contributed by atoms with van der Waals surface area (Å²) in [5.74, 6) is -0.482. The molecule has 0 spiro atoms. The van der Waals surface area contributed by atoms with Gasteiger partial charge < -0.3 is 14.2 Å². The zero-order valence-corrected chi connectivity index (χ0v) is 12.7. The maximum Gasteiger partial charge on any atom is 0.376 e. The Labute approximate surface area is 130 Å². The van der Waals surface area contributed by atoms with Crippen LogP contribution in [0.5, 0.6) is 0 Å². The van der Waals surface area contributed by atoms with Crippen molar-refractivity contribution in [3.05, 3.63) is 59.4 Å². The molecule has 2 atom stereocenters. The van der Waals surface area contributed by atoms with Gasteiger partial charge in [0, 0.05) is 5.57 Å². The fraction of sp³-hybridized carbons (Fsp3) is 0.389. The number of ether oxygens (including phenoxy) is 3. The predicted octanol–water partition coefficient (Wildman–Crippen LogP) is 3.34. The average molecular weight is 300 g/mol. The van der Waals surface area contributed by atoms with E-state index in [9.17, 15) is 4.79 Å². The van der Waals surface area contributed by atoms with E-state index in [1.807, 2.05) is 37.3 Å². The summed E-state index contributed by atoms with van der Waals surface area (Å²) in [5.41, 5.74) is 3.31. The van der Waals surface area contributed by atoms with Crippen molar-refractivity contribution in [1.29, 1.82) is 0 Å². The van der Waals surface area contributed by atoms with E-state index in [1.165, 1.54) is 5.57 Å². The van der Waals surface area contributed by atoms with Crippen molar-refractivity contribution < 1.29 is 19.0 Å². The van der Waals surface area contributed by atoms with Crippen LogP contribution in [0.2, 0.25) is 0 Å². The van der Waals surface area contributed by atoms with E-state index in [2.05, 4.69) is 6.08 Å². The lowest BCUT2D eigenvalue weighted by molar-refractivity contribution is -0.188. The first-order valence-corrected chi connectivity index (χ1v) is 7.72. The molecule has 0 radical (unpaired) electrons. The van der Waals surface area contributed by atoms with Crippen molar-refractivity contribution in [3.63, 3.8) is 0 Å². The average Bonchev–Trinajstić information content (AvgIpc) is 2.55. The Bertz CT molecular complexity index is 592. The number of hydrogen-bond donors (Lipinski definition) is 0. The second-order valence-corrected chi connectivity index (χ2v) is 5.38. The number of esters is 1. The first kappa shape index (κ1) is 14.9. The molecule has 22 heavy (non-hydrogen) atoms. The molecular formula is C18H20O4. The lowest BCUT2D eigenvalue weighted by atomic mass is 9.87. The molecule has 1 heterocycles. The third-order valence-corrected chi connectivity index (χ3v) is 3.76. The number of carbonyl (C=O) groups excluding carboxylic acids is 1. The molecule has 0 N–H and O–H groups in total. The molecule has 0 aromatic rings. The second kappa shape index (κ2) is 6.79. The molecule has 3 aliphatic rings. The van der Waals surface area contributed by atoms with Crippen molar-refractivity contribution in [2.45, 2.75) is 38.6 Å². The van der Waals surface area contributed by atoms with E-state index in [4.69, 9.17) is 14.2 Å². The van der Waals surface area contributed by atoms with Gasteiger partial charge in [0.05, 0.1) is 12.9 Å². The summed E-state index contributed by atoms with van der Waals surface area (Å²) >= 11 is 0. The molecule has 4 nitrogen and oxygen atoms in total. The number of allylic oxidation sites excluding steroid dienone is 6. The van der Waals surface area contributed by atoms with Crippen LogP contribution in [-0.4, -0.2) is 25.0 Å². The highest BCUT2D eigenvalue weighted by atomic mass is 16.7. The van der Waals surface area contributed by atoms with E-state index < -0.39 is 12.3 Å². The van der Waals surface area contributed by atoms with Crippen LogP contribution >= 0.6 is 0 Å². The Hall–Kier alpha value is -2.07. The van der Waals surface area contributed by atoms with Crippen molar-refractivity contribution in [1.82, 2.24) is 0 Å². The van der Waals surface area contributed by atoms with Crippen LogP contribution < -0.4 is 0 Å². The van der Waals surface area contributed by atoms with E-state index in [-0.39, 0.29) is 6.10 Å². The molecular weight excluding hydrogens is 280 g/mol. The Morgan fingerprint density at radius 2 is 2.27 bits per heavy atom. The van der Waals surface area contributed by atoms with E-state index in [0.29, 0.717) is 6.61 Å². The minimum Gasteiger partial charge on any atom is -0.461 e. The van der Waals surface area contributed by atoms with E-state index in [1.54, 1.807) is 6.26 Å². The van der Waals surface area contributed by atoms with Gasteiger partial charge in [-0.3, -0.25) is 0 Å². The van der Waals surface area contributed by atoms with Gasteiger partial charge in [-0.15, -0.1) is 0 Å². The van der Waals surface area contributed by atoms with Crippen molar-refractivity contribution in [2.75, 3.05) is 6.61 Å². The minimum atomic E-state index is -1.04. The van der Waals surface area contributed by atoms with Gasteiger partial charge in [-0.05, 0) is 30.4 Å². The highest BCUT2D eigenvalue weighted by molar-refractivity contribution is 5.73. The highest BCUT2D eigenvalue weighted by Gasteiger charge is 2.30. The third kappa shape index (κ3) is 3.07. The fourth-order valence-electron chi connectivity index (χ4n) is 2.70. The van der Waals surface area contributed by atoms with Gasteiger partial charge in [0.1, 0.15) is 6.10 Å². The van der Waals surface area contributed by atoms with Gasteiger partial charge in [0.25, 0.3) is 6.29 Å². The Morgan fingerprint density at radius 3 is 3.14 bits per heavy atom. The molecule has 0 fully saturated rings. The monoisotopic (exact) mass is 300 g/mol. The zero-order chi connectivity index (χ0) is 15.4. The van der Waals surface area contributed by atoms with Crippen molar-refractivity contribution in [3.8, 4) is 0 Å². The molecule has 116 valence electrons. The Balaban J connectivity index is 1.89. The largest absolute Gasteiger partial charge is 0.461 e. The first-order valence-electron chi connectivity index (χ1n) is 7.72. The van der Waals surface area contributed by atoms with Gasteiger partial charge in [0.15, 0.2) is 0 Å². The third-order valence-electron chi connectivity index (χ3n) is 3.76. The quantitative estimate of drug-likeness (QED) is 0.750. The smallest absolute Gasteiger partial charge is 0.376 e. The summed E-state index contributed by atoms with van der Waals surface area (Å²) in [6.07, 6.45) is 15.1. The molecule has 3 rings (SSSR count). The molecule has 0 amide bonds. The van der Waals surface area contributed by atoms with Crippen LogP contribution in [0.4, 0.5) is 0 Å². The molecule has 2 aliphatic carbocycles. The van der Waals surface area contributed by atoms with Crippen LogP contribution in [0.1, 0.15) is 26.2 Å². The topological polar surface area (TPSA) is 44.8 Å². The SMILES string of the molecule is CCCOC(=O)C1OC=C2C=CCC/C2=C2\C=CC=CC2O1. The summed E-state index contributed by atoms with van der Waals surface area (Å²) in [6, 6.07) is 0. The molecule has 0 aromatic heterocycles. The molecule has 0 saturated carbocycles. The molecule has 4 heteroatoms. The summed E-state index contributed by atoms with van der Waals surface area (Å²) in [6.45, 7) is 2.32. The summed E-state index contributed by atoms with van der Waals surface area (Å²) in [7, 11) is 0. The lowest BCUT2D eigenvalue weighted by Crippen LogP contribution is -2.34. The number of fused-ring (bicyclic) bond motifs is 2. The maximum atomic E-state index is 12.1. The lowest BCUT2D eigenvalue weighted by Gasteiger charge is -2.29. The molecule has 0 aromatic carbocycles. The Morgan fingerprint density at radius 1 is 1.36 bits per heavy atom. The first-order chi connectivity index (χ1) is 10.8. The number of rotatable bonds is 3. The van der Waals surface area contributed by atoms with Gasteiger partial charge in [-0.1, -0.05) is 43.4 Å². The van der Waals surface area contributed by atoms with Crippen molar-refractivity contribution in [2.24, 2.45) is 0 Å². The fourth-order valence-corrected chi connectivity index (χ4v) is 2.70. The highest BCUT2D eigenvalue weighted by Crippen LogP contribution is 2.33. The van der Waals surface area contributed by atoms with E-state index in [0.717, 1.165) is 30.4 Å². The number of hydrogen-bond acceptors (Lipinski definition) is 4. The van der Waals surface area contributed by atoms with Crippen LogP contribution in [0.15, 0.2) is 59.4 Å². The molecule has 2 unspecified atom stereocenters. The standard InChI is InChI=1S/C18H20O4/c1-2-11-20-17(19)18-21-12-13-7-3-4-8-14(13)15-9-5-6-10-16(15)22-18/h3,5-7,9-10,12,16,18H,2,4,8,11H2,1H3/b13-12?,15-14-. The van der Waals surface area contributed by atoms with Crippen LogP contribution in [0.3, 0.4) is 0 Å². The van der Waals surface area contributed by atoms with Crippen LogP contribution in [0.25, 0.3) is 0 Å². The van der Waals surface area contributed by atoms with Crippen LogP contribution in [0, 0.1) is 0 Å². The molecule has 1 aliphatic heterocycles. The summed E-state index contributed by atoms with van der Waals surface area (Å²) < 4.78 is 16.5. The maximum absolute atomic E-state index is 12.1. The van der Waals surface area contributed by atoms with Gasteiger partial charge in [-0.25, -0.2) is 4.79 Å². The van der Waals surface area contributed by atoms with E-state index >= 15 is 0 Å². The predicted molar refractivity (Wildman–Crippen MR) is 82.8 cm³/mol. The number of carbonyl (C=O) groups is 1. The van der Waals surface area contributed by atoms with Gasteiger partial charge >= 0.3 is 5.97 Å². The van der Waals surface area contributed by atoms with Crippen LogP contribution in [-0.2, 0) is 19.0 Å². The minimum absolute atomic E-state index is 0.283. The second-order valence-electron chi connectivity index (χ2n) is 5.38. The Kier molecular flexibility index (Phi) is 4.59. The summed E-state index contributed by atoms with van der Waals surface area (Å²) in [4.78, 5) is 12.1. The zero-order valence-electron chi connectivity index (χ0n) is 12.7.